The zero-order chi connectivity index (χ0) is 14.6. The summed E-state index contributed by atoms with van der Waals surface area (Å²) in [5.41, 5.74) is 1.47. The third kappa shape index (κ3) is 3.66. The van der Waals surface area contributed by atoms with E-state index in [1.807, 2.05) is 30.3 Å². The molecule has 0 aliphatic rings. The molecule has 4 nitrogen and oxygen atoms in total. The van der Waals surface area contributed by atoms with Crippen molar-refractivity contribution in [2.75, 3.05) is 0 Å². The maximum Gasteiger partial charge on any atom is 0.240 e. The molecule has 0 amide bonds. The van der Waals surface area contributed by atoms with Gasteiger partial charge >= 0.3 is 0 Å². The largest absolute Gasteiger partial charge is 0.389 e. The summed E-state index contributed by atoms with van der Waals surface area (Å²) in [5.74, 6) is 0. The highest BCUT2D eigenvalue weighted by Gasteiger charge is 2.14. The zero-order valence-corrected chi connectivity index (χ0v) is 12.0. The van der Waals surface area contributed by atoms with E-state index in [1.54, 1.807) is 19.1 Å². The summed E-state index contributed by atoms with van der Waals surface area (Å²) in [7, 11) is -3.58. The Bertz CT molecular complexity index is 667. The van der Waals surface area contributed by atoms with Crippen LogP contribution < -0.4 is 4.72 Å². The van der Waals surface area contributed by atoms with Gasteiger partial charge in [-0.15, -0.1) is 0 Å². The summed E-state index contributed by atoms with van der Waals surface area (Å²) >= 11 is 0. The van der Waals surface area contributed by atoms with Gasteiger partial charge in [0.25, 0.3) is 0 Å². The standard InChI is InChI=1S/C15H17NO3S/c1-12(17)14-8-5-9-15(10-14)20(18,19)16-11-13-6-3-2-4-7-13/h2-10,12,16-17H,11H2,1H3. The Kier molecular flexibility index (Phi) is 4.54. The molecule has 1 unspecified atom stereocenters. The third-order valence-corrected chi connectivity index (χ3v) is 4.36. The van der Waals surface area contributed by atoms with Gasteiger partial charge in [0.1, 0.15) is 0 Å². The number of rotatable bonds is 5. The molecule has 0 radical (unpaired) electrons. The minimum atomic E-state index is -3.58. The van der Waals surface area contributed by atoms with Gasteiger partial charge in [-0.2, -0.15) is 0 Å². The molecule has 20 heavy (non-hydrogen) atoms. The van der Waals surface area contributed by atoms with Gasteiger partial charge in [0.15, 0.2) is 0 Å². The molecular weight excluding hydrogens is 274 g/mol. The van der Waals surface area contributed by atoms with Gasteiger partial charge in [-0.3, -0.25) is 0 Å². The Labute approximate surface area is 119 Å². The fourth-order valence-electron chi connectivity index (χ4n) is 1.80. The Morgan fingerprint density at radius 3 is 2.45 bits per heavy atom. The summed E-state index contributed by atoms with van der Waals surface area (Å²) in [6, 6.07) is 15.6. The van der Waals surface area contributed by atoms with E-state index in [0.29, 0.717) is 5.56 Å². The molecule has 0 fully saturated rings. The first-order chi connectivity index (χ1) is 9.49. The summed E-state index contributed by atoms with van der Waals surface area (Å²) < 4.78 is 26.9. The van der Waals surface area contributed by atoms with Crippen LogP contribution in [0.4, 0.5) is 0 Å². The molecule has 1 atom stereocenters. The second kappa shape index (κ2) is 6.17. The van der Waals surface area contributed by atoms with Crippen LogP contribution in [0.15, 0.2) is 59.5 Å². The van der Waals surface area contributed by atoms with Crippen molar-refractivity contribution in [3.05, 3.63) is 65.7 Å². The van der Waals surface area contributed by atoms with E-state index in [4.69, 9.17) is 0 Å². The Hall–Kier alpha value is -1.69. The minimum Gasteiger partial charge on any atom is -0.389 e. The highest BCUT2D eigenvalue weighted by Crippen LogP contribution is 2.17. The van der Waals surface area contributed by atoms with E-state index in [0.717, 1.165) is 5.56 Å². The fourth-order valence-corrected chi connectivity index (χ4v) is 2.87. The predicted molar refractivity (Wildman–Crippen MR) is 77.5 cm³/mol. The van der Waals surface area contributed by atoms with E-state index in [2.05, 4.69) is 4.72 Å². The first-order valence-corrected chi connectivity index (χ1v) is 7.79. The molecule has 0 aliphatic carbocycles. The lowest BCUT2D eigenvalue weighted by Crippen LogP contribution is -2.23. The summed E-state index contributed by atoms with van der Waals surface area (Å²) in [6.45, 7) is 1.84. The Morgan fingerprint density at radius 2 is 1.80 bits per heavy atom. The SMILES string of the molecule is CC(O)c1cccc(S(=O)(=O)NCc2ccccc2)c1. The van der Waals surface area contributed by atoms with Gasteiger partial charge in [0.2, 0.25) is 10.0 Å². The number of aliphatic hydroxyl groups excluding tert-OH is 1. The van der Waals surface area contributed by atoms with E-state index in [-0.39, 0.29) is 11.4 Å². The van der Waals surface area contributed by atoms with Crippen molar-refractivity contribution in [1.29, 1.82) is 0 Å². The minimum absolute atomic E-state index is 0.159. The van der Waals surface area contributed by atoms with Crippen molar-refractivity contribution < 1.29 is 13.5 Å². The quantitative estimate of drug-likeness (QED) is 0.887. The normalized spacial score (nSPS) is 13.1. The van der Waals surface area contributed by atoms with E-state index < -0.39 is 16.1 Å². The lowest BCUT2D eigenvalue weighted by molar-refractivity contribution is 0.199. The van der Waals surface area contributed by atoms with E-state index >= 15 is 0 Å². The maximum atomic E-state index is 12.2. The van der Waals surface area contributed by atoms with Crippen molar-refractivity contribution in [3.8, 4) is 0 Å². The summed E-state index contributed by atoms with van der Waals surface area (Å²) in [6.07, 6.45) is -0.695. The first kappa shape index (κ1) is 14.7. The number of hydrogen-bond donors (Lipinski definition) is 2. The number of sulfonamides is 1. The molecule has 2 N–H and O–H groups in total. The van der Waals surface area contributed by atoms with Crippen LogP contribution in [0.25, 0.3) is 0 Å². The average Bonchev–Trinajstić information content (AvgIpc) is 2.46. The molecule has 0 bridgehead atoms. The molecule has 0 spiro atoms. The van der Waals surface area contributed by atoms with E-state index in [9.17, 15) is 13.5 Å². The molecule has 0 aromatic heterocycles. The highest BCUT2D eigenvalue weighted by atomic mass is 32.2. The van der Waals surface area contributed by atoms with Crippen LogP contribution in [0.3, 0.4) is 0 Å². The molecule has 0 aliphatic heterocycles. The first-order valence-electron chi connectivity index (χ1n) is 6.30. The van der Waals surface area contributed by atoms with Crippen molar-refractivity contribution in [1.82, 2.24) is 4.72 Å². The second-order valence-electron chi connectivity index (χ2n) is 4.56. The molecule has 2 aromatic rings. The Morgan fingerprint density at radius 1 is 1.10 bits per heavy atom. The summed E-state index contributed by atoms with van der Waals surface area (Å²) in [5, 5.41) is 9.51. The molecule has 106 valence electrons. The van der Waals surface area contributed by atoms with Gasteiger partial charge < -0.3 is 5.11 Å². The smallest absolute Gasteiger partial charge is 0.240 e. The summed E-state index contributed by atoms with van der Waals surface area (Å²) in [4.78, 5) is 0.159. The maximum absolute atomic E-state index is 12.2. The van der Waals surface area contributed by atoms with Crippen LogP contribution in [0.2, 0.25) is 0 Å². The predicted octanol–water partition coefficient (Wildman–Crippen LogP) is 2.22. The fraction of sp³-hybridized carbons (Fsp3) is 0.200. The van der Waals surface area contributed by atoms with Gasteiger partial charge in [-0.05, 0) is 30.2 Å². The molecule has 0 saturated heterocycles. The number of benzene rings is 2. The monoisotopic (exact) mass is 291 g/mol. The molecule has 2 rings (SSSR count). The van der Waals surface area contributed by atoms with E-state index in [1.165, 1.54) is 12.1 Å². The van der Waals surface area contributed by atoms with Gasteiger partial charge in [-0.25, -0.2) is 13.1 Å². The highest BCUT2D eigenvalue weighted by molar-refractivity contribution is 7.89. The molecule has 0 heterocycles. The number of hydrogen-bond acceptors (Lipinski definition) is 3. The van der Waals surface area contributed by atoms with Crippen molar-refractivity contribution >= 4 is 10.0 Å². The van der Waals surface area contributed by atoms with Gasteiger partial charge in [0, 0.05) is 6.54 Å². The Balaban J connectivity index is 2.16. The van der Waals surface area contributed by atoms with Gasteiger partial charge in [0.05, 0.1) is 11.0 Å². The third-order valence-electron chi connectivity index (χ3n) is 2.96. The van der Waals surface area contributed by atoms with Crippen LogP contribution in [0, 0.1) is 0 Å². The van der Waals surface area contributed by atoms with Crippen LogP contribution >= 0.6 is 0 Å². The second-order valence-corrected chi connectivity index (χ2v) is 6.33. The molecule has 5 heteroatoms. The van der Waals surface area contributed by atoms with Crippen molar-refractivity contribution in [2.24, 2.45) is 0 Å². The average molecular weight is 291 g/mol. The van der Waals surface area contributed by atoms with Crippen molar-refractivity contribution in [2.45, 2.75) is 24.5 Å². The number of aliphatic hydroxyl groups is 1. The molecular formula is C15H17NO3S. The van der Waals surface area contributed by atoms with Crippen molar-refractivity contribution in [3.63, 3.8) is 0 Å². The number of nitrogens with one attached hydrogen (secondary N) is 1. The van der Waals surface area contributed by atoms with Gasteiger partial charge in [-0.1, -0.05) is 42.5 Å². The van der Waals surface area contributed by atoms with Crippen LogP contribution in [0.1, 0.15) is 24.2 Å². The zero-order valence-electron chi connectivity index (χ0n) is 11.2. The lowest BCUT2D eigenvalue weighted by Gasteiger charge is -2.09. The van der Waals surface area contributed by atoms with Crippen LogP contribution in [-0.2, 0) is 16.6 Å². The van der Waals surface area contributed by atoms with Crippen LogP contribution in [-0.4, -0.2) is 13.5 Å². The van der Waals surface area contributed by atoms with Crippen LogP contribution in [0.5, 0.6) is 0 Å². The molecule has 2 aromatic carbocycles. The lowest BCUT2D eigenvalue weighted by atomic mass is 10.1. The topological polar surface area (TPSA) is 66.4 Å². The molecule has 0 saturated carbocycles.